The Bertz CT molecular complexity index is 308. The lowest BCUT2D eigenvalue weighted by Gasteiger charge is -2.05. The Morgan fingerprint density at radius 2 is 2.00 bits per heavy atom. The first kappa shape index (κ1) is 11.6. The summed E-state index contributed by atoms with van der Waals surface area (Å²) in [4.78, 5) is 0. The van der Waals surface area contributed by atoms with Crippen LogP contribution in [0.5, 0.6) is 0 Å². The predicted molar refractivity (Wildman–Crippen MR) is 63.8 cm³/mol. The predicted octanol–water partition coefficient (Wildman–Crippen LogP) is 3.35. The maximum atomic E-state index is 8.40. The fraction of sp³-hybridized carbons (Fsp3) is 0.462. The molecule has 0 radical (unpaired) electrons. The molecule has 80 valence electrons. The molecule has 0 fully saturated rings. The summed E-state index contributed by atoms with van der Waals surface area (Å²) in [6.07, 6.45) is 4.20. The van der Waals surface area contributed by atoms with E-state index in [2.05, 4.69) is 42.6 Å². The highest BCUT2D eigenvalue weighted by Crippen LogP contribution is 2.11. The molecule has 0 saturated heterocycles. The first-order valence-electron chi connectivity index (χ1n) is 5.56. The number of nitriles is 1. The van der Waals surface area contributed by atoms with E-state index >= 15 is 0 Å². The van der Waals surface area contributed by atoms with Crippen molar-refractivity contribution in [2.45, 2.75) is 32.6 Å². The smallest absolute Gasteiger partial charge is 0.0640 e. The molecular formula is C13H18N2. The number of aryl methyl sites for hydroxylation is 1. The first-order chi connectivity index (χ1) is 7.36. The normalized spacial score (nSPS) is 9.60. The van der Waals surface area contributed by atoms with Gasteiger partial charge in [0.05, 0.1) is 12.5 Å². The number of hydrogen-bond acceptors (Lipinski definition) is 2. The second-order valence-electron chi connectivity index (χ2n) is 3.64. The Balaban J connectivity index is 2.39. The molecule has 0 atom stereocenters. The van der Waals surface area contributed by atoms with Crippen LogP contribution < -0.4 is 5.32 Å². The van der Waals surface area contributed by atoms with Crippen molar-refractivity contribution in [3.05, 3.63) is 29.8 Å². The molecule has 0 aliphatic rings. The van der Waals surface area contributed by atoms with Crippen molar-refractivity contribution in [2.75, 3.05) is 11.9 Å². The second-order valence-corrected chi connectivity index (χ2v) is 3.64. The van der Waals surface area contributed by atoms with Crippen molar-refractivity contribution >= 4 is 5.69 Å². The summed E-state index contributed by atoms with van der Waals surface area (Å²) < 4.78 is 0. The fourth-order valence-corrected chi connectivity index (χ4v) is 1.43. The maximum absolute atomic E-state index is 8.40. The summed E-state index contributed by atoms with van der Waals surface area (Å²) in [5.74, 6) is 0. The number of rotatable bonds is 6. The molecule has 0 spiro atoms. The highest BCUT2D eigenvalue weighted by molar-refractivity contribution is 5.44. The van der Waals surface area contributed by atoms with Gasteiger partial charge in [-0.1, -0.05) is 25.5 Å². The zero-order valence-electron chi connectivity index (χ0n) is 9.29. The molecule has 0 aliphatic carbocycles. The second kappa shape index (κ2) is 6.89. The van der Waals surface area contributed by atoms with Crippen LogP contribution in [0.25, 0.3) is 0 Å². The summed E-state index contributed by atoms with van der Waals surface area (Å²) in [5, 5.41) is 11.6. The third kappa shape index (κ3) is 4.51. The van der Waals surface area contributed by atoms with Crippen LogP contribution >= 0.6 is 0 Å². The molecule has 0 saturated carbocycles. The van der Waals surface area contributed by atoms with Crippen molar-refractivity contribution in [1.29, 1.82) is 5.26 Å². The number of nitrogens with one attached hydrogen (secondary N) is 1. The van der Waals surface area contributed by atoms with Gasteiger partial charge in [0.2, 0.25) is 0 Å². The van der Waals surface area contributed by atoms with E-state index in [4.69, 9.17) is 5.26 Å². The summed E-state index contributed by atoms with van der Waals surface area (Å²) >= 11 is 0. The Labute approximate surface area is 91.9 Å². The van der Waals surface area contributed by atoms with Crippen LogP contribution in [-0.2, 0) is 6.42 Å². The van der Waals surface area contributed by atoms with Gasteiger partial charge in [-0.2, -0.15) is 5.26 Å². The number of hydrogen-bond donors (Lipinski definition) is 1. The van der Waals surface area contributed by atoms with E-state index < -0.39 is 0 Å². The van der Waals surface area contributed by atoms with E-state index in [1.54, 1.807) is 0 Å². The molecule has 0 bridgehead atoms. The third-order valence-electron chi connectivity index (χ3n) is 2.34. The SMILES string of the molecule is CCCCc1ccc(NCCC#N)cc1. The first-order valence-corrected chi connectivity index (χ1v) is 5.56. The largest absolute Gasteiger partial charge is 0.384 e. The van der Waals surface area contributed by atoms with Gasteiger partial charge < -0.3 is 5.32 Å². The van der Waals surface area contributed by atoms with Gasteiger partial charge in [0.25, 0.3) is 0 Å². The Hall–Kier alpha value is -1.49. The van der Waals surface area contributed by atoms with Crippen molar-refractivity contribution < 1.29 is 0 Å². The maximum Gasteiger partial charge on any atom is 0.0640 e. The molecule has 1 aromatic rings. The number of unbranched alkanes of at least 4 members (excludes halogenated alkanes) is 1. The van der Waals surface area contributed by atoms with Gasteiger partial charge in [-0.3, -0.25) is 0 Å². The highest BCUT2D eigenvalue weighted by Gasteiger charge is 1.93. The molecular weight excluding hydrogens is 184 g/mol. The quantitative estimate of drug-likeness (QED) is 0.718. The molecule has 0 amide bonds. The Morgan fingerprint density at radius 3 is 2.60 bits per heavy atom. The van der Waals surface area contributed by atoms with E-state index in [1.807, 2.05) is 0 Å². The van der Waals surface area contributed by atoms with Crippen LogP contribution in [0.4, 0.5) is 5.69 Å². The fourth-order valence-electron chi connectivity index (χ4n) is 1.43. The minimum absolute atomic E-state index is 0.553. The number of benzene rings is 1. The van der Waals surface area contributed by atoms with Crippen molar-refractivity contribution in [2.24, 2.45) is 0 Å². The van der Waals surface area contributed by atoms with Gasteiger partial charge in [0.1, 0.15) is 0 Å². The Morgan fingerprint density at radius 1 is 1.27 bits per heavy atom. The van der Waals surface area contributed by atoms with E-state index in [0.717, 1.165) is 18.7 Å². The lowest BCUT2D eigenvalue weighted by Crippen LogP contribution is -1.99. The topological polar surface area (TPSA) is 35.8 Å². The van der Waals surface area contributed by atoms with Gasteiger partial charge in [0, 0.05) is 12.2 Å². The molecule has 0 unspecified atom stereocenters. The zero-order valence-corrected chi connectivity index (χ0v) is 9.29. The van der Waals surface area contributed by atoms with E-state index in [9.17, 15) is 0 Å². The number of nitrogens with zero attached hydrogens (tertiary/aromatic N) is 1. The van der Waals surface area contributed by atoms with Crippen molar-refractivity contribution in [3.63, 3.8) is 0 Å². The standard InChI is InChI=1S/C13H18N2/c1-2-3-5-12-6-8-13(9-7-12)15-11-4-10-14/h6-9,15H,2-5,11H2,1H3. The van der Waals surface area contributed by atoms with Gasteiger partial charge in [-0.15, -0.1) is 0 Å². The molecule has 2 nitrogen and oxygen atoms in total. The van der Waals surface area contributed by atoms with E-state index in [-0.39, 0.29) is 0 Å². The minimum Gasteiger partial charge on any atom is -0.384 e. The molecule has 0 heterocycles. The Kier molecular flexibility index (Phi) is 5.32. The van der Waals surface area contributed by atoms with Crippen LogP contribution in [-0.4, -0.2) is 6.54 Å². The van der Waals surface area contributed by atoms with Crippen LogP contribution in [0, 0.1) is 11.3 Å². The molecule has 1 aromatic carbocycles. The van der Waals surface area contributed by atoms with Crippen LogP contribution in [0.1, 0.15) is 31.7 Å². The van der Waals surface area contributed by atoms with E-state index in [1.165, 1.54) is 18.4 Å². The average Bonchev–Trinajstić information content (AvgIpc) is 2.28. The third-order valence-corrected chi connectivity index (χ3v) is 2.34. The monoisotopic (exact) mass is 202 g/mol. The lowest BCUT2D eigenvalue weighted by atomic mass is 10.1. The summed E-state index contributed by atoms with van der Waals surface area (Å²) in [7, 11) is 0. The van der Waals surface area contributed by atoms with Gasteiger partial charge in [-0.05, 0) is 30.5 Å². The summed E-state index contributed by atoms with van der Waals surface area (Å²) in [6.45, 7) is 2.93. The van der Waals surface area contributed by atoms with Gasteiger partial charge in [-0.25, -0.2) is 0 Å². The van der Waals surface area contributed by atoms with Gasteiger partial charge >= 0.3 is 0 Å². The number of anilines is 1. The zero-order chi connectivity index (χ0) is 10.9. The summed E-state index contributed by atoms with van der Waals surface area (Å²) in [5.41, 5.74) is 2.49. The average molecular weight is 202 g/mol. The van der Waals surface area contributed by atoms with Gasteiger partial charge in [0.15, 0.2) is 0 Å². The molecule has 1 rings (SSSR count). The lowest BCUT2D eigenvalue weighted by molar-refractivity contribution is 0.795. The molecule has 15 heavy (non-hydrogen) atoms. The molecule has 0 aliphatic heterocycles. The molecule has 2 heteroatoms. The minimum atomic E-state index is 0.553. The molecule has 1 N–H and O–H groups in total. The molecule has 0 aromatic heterocycles. The van der Waals surface area contributed by atoms with Crippen LogP contribution in [0.3, 0.4) is 0 Å². The van der Waals surface area contributed by atoms with Crippen molar-refractivity contribution in [3.8, 4) is 6.07 Å². The van der Waals surface area contributed by atoms with Crippen LogP contribution in [0.2, 0.25) is 0 Å². The van der Waals surface area contributed by atoms with E-state index in [0.29, 0.717) is 6.42 Å². The van der Waals surface area contributed by atoms with Crippen molar-refractivity contribution in [1.82, 2.24) is 0 Å². The van der Waals surface area contributed by atoms with Crippen LogP contribution in [0.15, 0.2) is 24.3 Å². The highest BCUT2D eigenvalue weighted by atomic mass is 14.9. The summed E-state index contributed by atoms with van der Waals surface area (Å²) in [6, 6.07) is 10.6.